The van der Waals surface area contributed by atoms with Crippen molar-refractivity contribution in [1.82, 2.24) is 9.97 Å². The molecule has 0 unspecified atom stereocenters. The summed E-state index contributed by atoms with van der Waals surface area (Å²) in [7, 11) is 0. The van der Waals surface area contributed by atoms with Gasteiger partial charge in [0.2, 0.25) is 0 Å². The van der Waals surface area contributed by atoms with E-state index in [2.05, 4.69) is 9.97 Å². The van der Waals surface area contributed by atoms with E-state index < -0.39 is 11.7 Å². The summed E-state index contributed by atoms with van der Waals surface area (Å²) >= 11 is 0. The maximum absolute atomic E-state index is 13.4. The summed E-state index contributed by atoms with van der Waals surface area (Å²) in [5, 5.41) is 0. The van der Waals surface area contributed by atoms with Crippen LogP contribution >= 0.6 is 0 Å². The standard InChI is InChI=1S/C8H6FN3O/c9-6-4(8(10)13)1-2-5-7(6)12-3-11-5/h1-3H,(H2,10,13)(H,11,12). The van der Waals surface area contributed by atoms with Crippen LogP contribution in [0.4, 0.5) is 4.39 Å². The van der Waals surface area contributed by atoms with Crippen LogP contribution in [0.1, 0.15) is 10.4 Å². The first kappa shape index (κ1) is 7.72. The molecule has 0 saturated carbocycles. The molecule has 1 heterocycles. The van der Waals surface area contributed by atoms with E-state index in [1.54, 1.807) is 6.07 Å². The number of hydrogen-bond donors (Lipinski definition) is 2. The maximum Gasteiger partial charge on any atom is 0.251 e. The van der Waals surface area contributed by atoms with Crippen LogP contribution in [0.2, 0.25) is 0 Å². The second kappa shape index (κ2) is 2.55. The number of carbonyl (C=O) groups excluding carboxylic acids is 1. The Morgan fingerprint density at radius 3 is 3.00 bits per heavy atom. The van der Waals surface area contributed by atoms with Gasteiger partial charge in [-0.25, -0.2) is 9.37 Å². The van der Waals surface area contributed by atoms with Crippen LogP contribution in [-0.2, 0) is 0 Å². The molecule has 13 heavy (non-hydrogen) atoms. The molecule has 5 heteroatoms. The molecule has 1 aromatic carbocycles. The third kappa shape index (κ3) is 1.05. The molecular formula is C8H6FN3O. The number of benzene rings is 1. The molecule has 4 nitrogen and oxygen atoms in total. The van der Waals surface area contributed by atoms with Gasteiger partial charge in [-0.05, 0) is 12.1 Å². The van der Waals surface area contributed by atoms with Gasteiger partial charge in [0.25, 0.3) is 5.91 Å². The molecule has 0 atom stereocenters. The molecule has 0 radical (unpaired) electrons. The fourth-order valence-electron chi connectivity index (χ4n) is 1.16. The van der Waals surface area contributed by atoms with Crippen molar-refractivity contribution in [2.45, 2.75) is 0 Å². The predicted octanol–water partition coefficient (Wildman–Crippen LogP) is 0.801. The lowest BCUT2D eigenvalue weighted by molar-refractivity contribution is 0.0997. The third-order valence-corrected chi connectivity index (χ3v) is 1.80. The molecule has 66 valence electrons. The molecule has 0 bridgehead atoms. The normalized spacial score (nSPS) is 10.5. The number of carbonyl (C=O) groups is 1. The molecule has 0 aliphatic carbocycles. The number of H-pyrrole nitrogens is 1. The van der Waals surface area contributed by atoms with Crippen molar-refractivity contribution in [3.8, 4) is 0 Å². The Bertz CT molecular complexity index is 477. The molecule has 0 aliphatic rings. The van der Waals surface area contributed by atoms with Gasteiger partial charge in [-0.1, -0.05) is 0 Å². The van der Waals surface area contributed by atoms with Crippen molar-refractivity contribution < 1.29 is 9.18 Å². The fraction of sp³-hybridized carbons (Fsp3) is 0. The number of primary amides is 1. The van der Waals surface area contributed by atoms with E-state index >= 15 is 0 Å². The second-order valence-corrected chi connectivity index (χ2v) is 2.59. The summed E-state index contributed by atoms with van der Waals surface area (Å²) in [6.45, 7) is 0. The molecule has 2 aromatic rings. The average Bonchev–Trinajstić information content (AvgIpc) is 2.52. The number of fused-ring (bicyclic) bond motifs is 1. The molecule has 0 saturated heterocycles. The minimum Gasteiger partial charge on any atom is -0.366 e. The highest BCUT2D eigenvalue weighted by atomic mass is 19.1. The van der Waals surface area contributed by atoms with Crippen LogP contribution in [0, 0.1) is 5.82 Å². The van der Waals surface area contributed by atoms with Gasteiger partial charge in [-0.15, -0.1) is 0 Å². The number of nitrogens with zero attached hydrogens (tertiary/aromatic N) is 1. The van der Waals surface area contributed by atoms with Gasteiger partial charge in [0, 0.05) is 0 Å². The number of halogens is 1. The van der Waals surface area contributed by atoms with E-state index in [0.29, 0.717) is 5.52 Å². The lowest BCUT2D eigenvalue weighted by Crippen LogP contribution is -2.13. The Hall–Kier alpha value is -1.91. The monoisotopic (exact) mass is 179 g/mol. The average molecular weight is 179 g/mol. The van der Waals surface area contributed by atoms with Gasteiger partial charge in [0.1, 0.15) is 5.52 Å². The highest BCUT2D eigenvalue weighted by Gasteiger charge is 2.12. The summed E-state index contributed by atoms with van der Waals surface area (Å²) < 4.78 is 13.4. The third-order valence-electron chi connectivity index (χ3n) is 1.80. The van der Waals surface area contributed by atoms with Gasteiger partial charge in [-0.3, -0.25) is 4.79 Å². The minimum absolute atomic E-state index is 0.135. The van der Waals surface area contributed by atoms with E-state index in [9.17, 15) is 9.18 Å². The number of hydrogen-bond acceptors (Lipinski definition) is 2. The van der Waals surface area contributed by atoms with E-state index in [0.717, 1.165) is 0 Å². The van der Waals surface area contributed by atoms with Gasteiger partial charge >= 0.3 is 0 Å². The quantitative estimate of drug-likeness (QED) is 0.679. The molecule has 0 fully saturated rings. The smallest absolute Gasteiger partial charge is 0.251 e. The van der Waals surface area contributed by atoms with Crippen molar-refractivity contribution in [3.05, 3.63) is 29.8 Å². The fourth-order valence-corrected chi connectivity index (χ4v) is 1.16. The van der Waals surface area contributed by atoms with Crippen molar-refractivity contribution in [2.24, 2.45) is 5.73 Å². The number of rotatable bonds is 1. The number of amides is 1. The van der Waals surface area contributed by atoms with Crippen LogP contribution < -0.4 is 5.73 Å². The van der Waals surface area contributed by atoms with Crippen molar-refractivity contribution >= 4 is 16.9 Å². The van der Waals surface area contributed by atoms with Crippen LogP contribution in [-0.4, -0.2) is 15.9 Å². The number of nitrogens with two attached hydrogens (primary N) is 1. The van der Waals surface area contributed by atoms with Crippen LogP contribution in [0.5, 0.6) is 0 Å². The van der Waals surface area contributed by atoms with Gasteiger partial charge in [0.05, 0.1) is 17.4 Å². The molecule has 2 rings (SSSR count). The van der Waals surface area contributed by atoms with Crippen molar-refractivity contribution in [3.63, 3.8) is 0 Å². The minimum atomic E-state index is -0.789. The molecule has 0 spiro atoms. The molecule has 1 amide bonds. The van der Waals surface area contributed by atoms with E-state index in [-0.39, 0.29) is 11.1 Å². The highest BCUT2D eigenvalue weighted by Crippen LogP contribution is 2.16. The van der Waals surface area contributed by atoms with Crippen LogP contribution in [0.3, 0.4) is 0 Å². The summed E-state index contributed by atoms with van der Waals surface area (Å²) in [5.41, 5.74) is 5.50. The van der Waals surface area contributed by atoms with Crippen molar-refractivity contribution in [2.75, 3.05) is 0 Å². The first-order valence-corrected chi connectivity index (χ1v) is 3.61. The second-order valence-electron chi connectivity index (χ2n) is 2.59. The number of aromatic nitrogens is 2. The molecule has 1 aromatic heterocycles. The topological polar surface area (TPSA) is 71.8 Å². The number of nitrogens with one attached hydrogen (secondary N) is 1. The Balaban J connectivity index is 2.80. The Morgan fingerprint density at radius 2 is 2.31 bits per heavy atom. The lowest BCUT2D eigenvalue weighted by atomic mass is 10.2. The van der Waals surface area contributed by atoms with E-state index in [1.807, 2.05) is 0 Å². The molecule has 0 aliphatic heterocycles. The zero-order chi connectivity index (χ0) is 9.42. The maximum atomic E-state index is 13.4. The molecule has 3 N–H and O–H groups in total. The summed E-state index contributed by atoms with van der Waals surface area (Å²) in [6.07, 6.45) is 1.36. The Kier molecular flexibility index (Phi) is 1.51. The first-order chi connectivity index (χ1) is 6.20. The Morgan fingerprint density at radius 1 is 1.54 bits per heavy atom. The van der Waals surface area contributed by atoms with Gasteiger partial charge in [-0.2, -0.15) is 0 Å². The van der Waals surface area contributed by atoms with Gasteiger partial charge < -0.3 is 10.7 Å². The van der Waals surface area contributed by atoms with Gasteiger partial charge in [0.15, 0.2) is 5.82 Å². The van der Waals surface area contributed by atoms with Crippen LogP contribution in [0.15, 0.2) is 18.5 Å². The zero-order valence-corrected chi connectivity index (χ0v) is 6.54. The van der Waals surface area contributed by atoms with Crippen molar-refractivity contribution in [1.29, 1.82) is 0 Å². The lowest BCUT2D eigenvalue weighted by Gasteiger charge is -1.97. The Labute approximate surface area is 72.6 Å². The SMILES string of the molecule is NC(=O)c1ccc2[nH]cnc2c1F. The number of imidazole rings is 1. The summed E-state index contributed by atoms with van der Waals surface area (Å²) in [4.78, 5) is 17.2. The molecular weight excluding hydrogens is 173 g/mol. The largest absolute Gasteiger partial charge is 0.366 e. The summed E-state index contributed by atoms with van der Waals surface area (Å²) in [5.74, 6) is -1.46. The summed E-state index contributed by atoms with van der Waals surface area (Å²) in [6, 6.07) is 2.89. The zero-order valence-electron chi connectivity index (χ0n) is 6.54. The highest BCUT2D eigenvalue weighted by molar-refractivity contribution is 5.96. The predicted molar refractivity (Wildman–Crippen MR) is 44.6 cm³/mol. The number of aromatic amines is 1. The van der Waals surface area contributed by atoms with E-state index in [1.165, 1.54) is 12.4 Å². The van der Waals surface area contributed by atoms with E-state index in [4.69, 9.17) is 5.73 Å². The first-order valence-electron chi connectivity index (χ1n) is 3.61. The van der Waals surface area contributed by atoms with Crippen LogP contribution in [0.25, 0.3) is 11.0 Å².